The summed E-state index contributed by atoms with van der Waals surface area (Å²) in [7, 11) is 0. The van der Waals surface area contributed by atoms with Crippen LogP contribution in [0.4, 0.5) is 5.69 Å². The van der Waals surface area contributed by atoms with E-state index in [4.69, 9.17) is 0 Å². The Bertz CT molecular complexity index is 654. The van der Waals surface area contributed by atoms with Crippen molar-refractivity contribution >= 4 is 22.5 Å². The zero-order valence-electron chi connectivity index (χ0n) is 12.4. The molecule has 0 bridgehead atoms. The predicted octanol–water partition coefficient (Wildman–Crippen LogP) is 3.29. The number of nitrogens with zero attached hydrogens (tertiary/aromatic N) is 1. The monoisotopic (exact) mass is 286 g/mol. The Labute approximate surface area is 124 Å². The van der Waals surface area contributed by atoms with E-state index in [1.54, 1.807) is 0 Å². The van der Waals surface area contributed by atoms with Crippen LogP contribution in [0.1, 0.15) is 39.0 Å². The van der Waals surface area contributed by atoms with E-state index in [1.165, 1.54) is 5.39 Å². The second kappa shape index (κ2) is 5.53. The summed E-state index contributed by atoms with van der Waals surface area (Å²) in [5.41, 5.74) is 1.12. The van der Waals surface area contributed by atoms with E-state index >= 15 is 0 Å². The number of amides is 1. The van der Waals surface area contributed by atoms with Gasteiger partial charge in [-0.15, -0.1) is 0 Å². The summed E-state index contributed by atoms with van der Waals surface area (Å²) in [6, 6.07) is 8.00. The summed E-state index contributed by atoms with van der Waals surface area (Å²) in [6.07, 6.45) is 5.74. The van der Waals surface area contributed by atoms with E-state index in [0.717, 1.165) is 43.4 Å². The van der Waals surface area contributed by atoms with E-state index in [9.17, 15) is 9.90 Å². The molecule has 0 radical (unpaired) electrons. The molecule has 1 fully saturated rings. The number of carbonyl (C=O) groups is 1. The standard InChI is InChI=1S/C17H22N2O2/c1-2-19-10-7-13-5-6-14(11-15(13)19)18-16(20)12-17(21)8-3-4-9-17/h5-7,10-11,21H,2-4,8-9,12H2,1H3,(H,18,20). The minimum Gasteiger partial charge on any atom is -0.389 e. The van der Waals surface area contributed by atoms with Crippen molar-refractivity contribution in [3.63, 3.8) is 0 Å². The molecule has 1 aliphatic carbocycles. The first-order valence-electron chi connectivity index (χ1n) is 7.71. The first kappa shape index (κ1) is 14.1. The Kier molecular flexibility index (Phi) is 3.72. The quantitative estimate of drug-likeness (QED) is 0.906. The van der Waals surface area contributed by atoms with E-state index in [2.05, 4.69) is 29.1 Å². The highest BCUT2D eigenvalue weighted by atomic mass is 16.3. The molecule has 112 valence electrons. The largest absolute Gasteiger partial charge is 0.389 e. The fourth-order valence-electron chi connectivity index (χ4n) is 3.25. The number of hydrogen-bond acceptors (Lipinski definition) is 2. The van der Waals surface area contributed by atoms with Crippen LogP contribution in [-0.2, 0) is 11.3 Å². The fraction of sp³-hybridized carbons (Fsp3) is 0.471. The molecule has 0 spiro atoms. The highest BCUT2D eigenvalue weighted by molar-refractivity contribution is 5.94. The molecule has 0 unspecified atom stereocenters. The zero-order valence-corrected chi connectivity index (χ0v) is 12.4. The number of aliphatic hydroxyl groups is 1. The topological polar surface area (TPSA) is 54.3 Å². The third-order valence-electron chi connectivity index (χ3n) is 4.42. The van der Waals surface area contributed by atoms with E-state index in [-0.39, 0.29) is 12.3 Å². The van der Waals surface area contributed by atoms with Crippen LogP contribution in [0.3, 0.4) is 0 Å². The van der Waals surface area contributed by atoms with Gasteiger partial charge in [-0.3, -0.25) is 4.79 Å². The van der Waals surface area contributed by atoms with Crippen LogP contribution in [0.2, 0.25) is 0 Å². The normalized spacial score (nSPS) is 17.2. The lowest BCUT2D eigenvalue weighted by Gasteiger charge is -2.21. The smallest absolute Gasteiger partial charge is 0.227 e. The molecular formula is C17H22N2O2. The van der Waals surface area contributed by atoms with Crippen LogP contribution in [0.25, 0.3) is 10.9 Å². The number of fused-ring (bicyclic) bond motifs is 1. The van der Waals surface area contributed by atoms with Crippen molar-refractivity contribution < 1.29 is 9.90 Å². The van der Waals surface area contributed by atoms with Gasteiger partial charge in [0.2, 0.25) is 5.91 Å². The maximum Gasteiger partial charge on any atom is 0.227 e. The lowest BCUT2D eigenvalue weighted by Crippen LogP contribution is -2.30. The third-order valence-corrected chi connectivity index (χ3v) is 4.42. The van der Waals surface area contributed by atoms with Gasteiger partial charge in [0.15, 0.2) is 0 Å². The van der Waals surface area contributed by atoms with Gasteiger partial charge in [-0.05, 0) is 43.4 Å². The Morgan fingerprint density at radius 3 is 2.81 bits per heavy atom. The maximum absolute atomic E-state index is 12.1. The Morgan fingerprint density at radius 2 is 2.10 bits per heavy atom. The van der Waals surface area contributed by atoms with Gasteiger partial charge in [0, 0.05) is 18.4 Å². The molecule has 1 saturated carbocycles. The molecule has 4 heteroatoms. The second-order valence-electron chi connectivity index (χ2n) is 6.03. The average molecular weight is 286 g/mol. The molecular weight excluding hydrogens is 264 g/mol. The van der Waals surface area contributed by atoms with Crippen molar-refractivity contribution in [1.82, 2.24) is 4.57 Å². The lowest BCUT2D eigenvalue weighted by molar-refractivity contribution is -0.120. The molecule has 4 nitrogen and oxygen atoms in total. The molecule has 0 aliphatic heterocycles. The fourth-order valence-corrected chi connectivity index (χ4v) is 3.25. The van der Waals surface area contributed by atoms with Crippen molar-refractivity contribution in [2.75, 3.05) is 5.32 Å². The maximum atomic E-state index is 12.1. The number of benzene rings is 1. The van der Waals surface area contributed by atoms with Crippen molar-refractivity contribution in [1.29, 1.82) is 0 Å². The second-order valence-corrected chi connectivity index (χ2v) is 6.03. The summed E-state index contributed by atoms with van der Waals surface area (Å²) in [4.78, 5) is 12.1. The van der Waals surface area contributed by atoms with Gasteiger partial charge < -0.3 is 15.0 Å². The van der Waals surface area contributed by atoms with Crippen LogP contribution in [-0.4, -0.2) is 21.2 Å². The third kappa shape index (κ3) is 2.95. The first-order chi connectivity index (χ1) is 10.1. The van der Waals surface area contributed by atoms with Crippen LogP contribution in [0.15, 0.2) is 30.5 Å². The van der Waals surface area contributed by atoms with Gasteiger partial charge in [0.1, 0.15) is 0 Å². The van der Waals surface area contributed by atoms with Gasteiger partial charge in [0.05, 0.1) is 17.5 Å². The molecule has 1 aliphatic rings. The predicted molar refractivity (Wildman–Crippen MR) is 84.3 cm³/mol. The number of aromatic nitrogens is 1. The SMILES string of the molecule is CCn1ccc2ccc(NC(=O)CC3(O)CCCC3)cc21. The number of aryl methyl sites for hydroxylation is 1. The number of anilines is 1. The highest BCUT2D eigenvalue weighted by Gasteiger charge is 2.33. The minimum atomic E-state index is -0.794. The van der Waals surface area contributed by atoms with Crippen molar-refractivity contribution in [2.45, 2.75) is 51.2 Å². The Balaban J connectivity index is 1.73. The lowest BCUT2D eigenvalue weighted by atomic mass is 9.97. The summed E-state index contributed by atoms with van der Waals surface area (Å²) < 4.78 is 2.15. The van der Waals surface area contributed by atoms with Crippen molar-refractivity contribution in [3.05, 3.63) is 30.5 Å². The molecule has 0 atom stereocenters. The Hall–Kier alpha value is -1.81. The van der Waals surface area contributed by atoms with Crippen LogP contribution in [0, 0.1) is 0 Å². The van der Waals surface area contributed by atoms with Crippen LogP contribution < -0.4 is 5.32 Å². The number of nitrogens with one attached hydrogen (secondary N) is 1. The van der Waals surface area contributed by atoms with Crippen molar-refractivity contribution in [3.8, 4) is 0 Å². The molecule has 1 heterocycles. The minimum absolute atomic E-state index is 0.103. The van der Waals surface area contributed by atoms with Gasteiger partial charge in [-0.2, -0.15) is 0 Å². The van der Waals surface area contributed by atoms with Gasteiger partial charge in [-0.1, -0.05) is 18.9 Å². The van der Waals surface area contributed by atoms with Crippen LogP contribution >= 0.6 is 0 Å². The molecule has 1 aromatic heterocycles. The van der Waals surface area contributed by atoms with E-state index in [1.807, 2.05) is 18.2 Å². The number of carbonyl (C=O) groups excluding carboxylic acids is 1. The molecule has 2 aromatic rings. The molecule has 1 aromatic carbocycles. The number of hydrogen-bond donors (Lipinski definition) is 2. The van der Waals surface area contributed by atoms with Gasteiger partial charge in [-0.25, -0.2) is 0 Å². The van der Waals surface area contributed by atoms with Gasteiger partial charge in [0.25, 0.3) is 0 Å². The molecule has 3 rings (SSSR count). The summed E-state index contributed by atoms with van der Waals surface area (Å²) in [5.74, 6) is -0.103. The van der Waals surface area contributed by atoms with Gasteiger partial charge >= 0.3 is 0 Å². The molecule has 0 saturated heterocycles. The van der Waals surface area contributed by atoms with E-state index in [0.29, 0.717) is 0 Å². The van der Waals surface area contributed by atoms with Crippen molar-refractivity contribution in [2.24, 2.45) is 0 Å². The molecule has 2 N–H and O–H groups in total. The number of rotatable bonds is 4. The molecule has 21 heavy (non-hydrogen) atoms. The van der Waals surface area contributed by atoms with E-state index < -0.39 is 5.60 Å². The van der Waals surface area contributed by atoms with Crippen LogP contribution in [0.5, 0.6) is 0 Å². The zero-order chi connectivity index (χ0) is 14.9. The molecule has 1 amide bonds. The average Bonchev–Trinajstić information content (AvgIpc) is 3.04. The summed E-state index contributed by atoms with van der Waals surface area (Å²) in [6.45, 7) is 3.00. The summed E-state index contributed by atoms with van der Waals surface area (Å²) >= 11 is 0. The summed E-state index contributed by atoms with van der Waals surface area (Å²) in [5, 5.41) is 14.4. The Morgan fingerprint density at radius 1 is 1.33 bits per heavy atom. The highest BCUT2D eigenvalue weighted by Crippen LogP contribution is 2.32. The first-order valence-corrected chi connectivity index (χ1v) is 7.71.